The van der Waals surface area contributed by atoms with Gasteiger partial charge in [-0.2, -0.15) is 5.10 Å². The van der Waals surface area contributed by atoms with E-state index >= 15 is 0 Å². The molecule has 0 aliphatic heterocycles. The number of nitrogens with zero attached hydrogens (tertiary/aromatic N) is 2. The number of benzene rings is 2. The number of aromatic nitrogens is 2. The molecule has 0 saturated heterocycles. The molecule has 1 N–H and O–H groups in total. The van der Waals surface area contributed by atoms with E-state index in [-0.39, 0.29) is 5.82 Å². The zero-order valence-electron chi connectivity index (χ0n) is 14.2. The van der Waals surface area contributed by atoms with Gasteiger partial charge < -0.3 is 5.32 Å². The third-order valence-electron chi connectivity index (χ3n) is 4.90. The van der Waals surface area contributed by atoms with Gasteiger partial charge in [0.05, 0.1) is 12.7 Å². The van der Waals surface area contributed by atoms with E-state index in [9.17, 15) is 4.39 Å². The molecule has 128 valence electrons. The van der Waals surface area contributed by atoms with Crippen LogP contribution in [0.5, 0.6) is 0 Å². The van der Waals surface area contributed by atoms with Crippen molar-refractivity contribution in [2.45, 2.75) is 38.4 Å². The predicted molar refractivity (Wildman–Crippen MR) is 96.7 cm³/mol. The first kappa shape index (κ1) is 16.0. The quantitative estimate of drug-likeness (QED) is 0.756. The highest BCUT2D eigenvalue weighted by atomic mass is 19.1. The molecule has 1 aromatic heterocycles. The van der Waals surface area contributed by atoms with Gasteiger partial charge in [-0.1, -0.05) is 42.5 Å². The van der Waals surface area contributed by atoms with Crippen LogP contribution < -0.4 is 5.32 Å². The van der Waals surface area contributed by atoms with Crippen LogP contribution in [0.1, 0.15) is 41.3 Å². The van der Waals surface area contributed by atoms with Gasteiger partial charge in [0.25, 0.3) is 0 Å². The summed E-state index contributed by atoms with van der Waals surface area (Å²) < 4.78 is 15.2. The molecule has 1 atom stereocenters. The number of rotatable bonds is 5. The summed E-state index contributed by atoms with van der Waals surface area (Å²) in [6.07, 6.45) is 5.37. The fourth-order valence-corrected chi connectivity index (χ4v) is 3.57. The van der Waals surface area contributed by atoms with E-state index in [1.807, 2.05) is 24.4 Å². The monoisotopic (exact) mass is 335 g/mol. The molecule has 3 nitrogen and oxygen atoms in total. The Morgan fingerprint density at radius 1 is 1.04 bits per heavy atom. The summed E-state index contributed by atoms with van der Waals surface area (Å²) in [4.78, 5) is 0. The Kier molecular flexibility index (Phi) is 4.61. The minimum absolute atomic E-state index is 0.189. The van der Waals surface area contributed by atoms with Crippen LogP contribution >= 0.6 is 0 Å². The van der Waals surface area contributed by atoms with Crippen LogP contribution in [0.25, 0.3) is 0 Å². The Bertz CT molecular complexity index is 824. The second kappa shape index (κ2) is 7.19. The van der Waals surface area contributed by atoms with Gasteiger partial charge in [-0.05, 0) is 42.5 Å². The van der Waals surface area contributed by atoms with Crippen LogP contribution in [0.3, 0.4) is 0 Å². The molecule has 25 heavy (non-hydrogen) atoms. The average molecular weight is 335 g/mol. The molecule has 0 fully saturated rings. The van der Waals surface area contributed by atoms with Gasteiger partial charge in [0, 0.05) is 23.8 Å². The largest absolute Gasteiger partial charge is 0.306 e. The van der Waals surface area contributed by atoms with Crippen molar-refractivity contribution >= 4 is 0 Å². The number of hydrogen-bond donors (Lipinski definition) is 1. The number of halogens is 1. The Balaban J connectivity index is 1.47. The molecule has 0 spiro atoms. The van der Waals surface area contributed by atoms with Crippen molar-refractivity contribution in [3.8, 4) is 0 Å². The van der Waals surface area contributed by atoms with Gasteiger partial charge in [0.1, 0.15) is 5.82 Å². The van der Waals surface area contributed by atoms with Gasteiger partial charge in [-0.15, -0.1) is 0 Å². The first-order valence-corrected chi connectivity index (χ1v) is 8.86. The Hall–Kier alpha value is -2.46. The summed E-state index contributed by atoms with van der Waals surface area (Å²) in [5.74, 6) is -0.189. The third kappa shape index (κ3) is 3.64. The molecular weight excluding hydrogens is 313 g/mol. The van der Waals surface area contributed by atoms with Crippen LogP contribution in [0.4, 0.5) is 4.39 Å². The summed E-state index contributed by atoms with van der Waals surface area (Å²) in [5, 5.41) is 8.25. The summed E-state index contributed by atoms with van der Waals surface area (Å²) >= 11 is 0. The van der Waals surface area contributed by atoms with Crippen LogP contribution in [0, 0.1) is 5.82 Å². The first-order chi connectivity index (χ1) is 12.3. The predicted octanol–water partition coefficient (Wildman–Crippen LogP) is 4.24. The highest BCUT2D eigenvalue weighted by molar-refractivity contribution is 5.27. The van der Waals surface area contributed by atoms with E-state index in [2.05, 4.69) is 39.4 Å². The first-order valence-electron chi connectivity index (χ1n) is 8.86. The maximum atomic E-state index is 13.0. The zero-order valence-corrected chi connectivity index (χ0v) is 14.2. The molecule has 3 aromatic rings. The smallest absolute Gasteiger partial charge is 0.123 e. The zero-order chi connectivity index (χ0) is 17.1. The number of hydrogen-bond acceptors (Lipinski definition) is 2. The molecule has 4 heteroatoms. The molecular formula is C21H22FN3. The highest BCUT2D eigenvalue weighted by Crippen LogP contribution is 2.30. The molecule has 0 amide bonds. The summed E-state index contributed by atoms with van der Waals surface area (Å²) in [5.41, 5.74) is 5.02. The molecule has 1 aliphatic rings. The SMILES string of the molecule is Fc1ccc(CN[C@@H]2CCCc3c2cnn3Cc2ccccc2)cc1. The second-order valence-electron chi connectivity index (χ2n) is 6.64. The van der Waals surface area contributed by atoms with Crippen molar-refractivity contribution in [1.29, 1.82) is 0 Å². The molecule has 0 unspecified atom stereocenters. The second-order valence-corrected chi connectivity index (χ2v) is 6.64. The van der Waals surface area contributed by atoms with Gasteiger partial charge in [-0.3, -0.25) is 4.68 Å². The summed E-state index contributed by atoms with van der Waals surface area (Å²) in [7, 11) is 0. The molecule has 4 rings (SSSR count). The van der Waals surface area contributed by atoms with Crippen molar-refractivity contribution in [3.05, 3.63) is 89.0 Å². The lowest BCUT2D eigenvalue weighted by Crippen LogP contribution is -2.25. The minimum atomic E-state index is -0.189. The van der Waals surface area contributed by atoms with E-state index in [1.54, 1.807) is 0 Å². The van der Waals surface area contributed by atoms with Crippen molar-refractivity contribution in [3.63, 3.8) is 0 Å². The minimum Gasteiger partial charge on any atom is -0.306 e. The van der Waals surface area contributed by atoms with Crippen LogP contribution in [0.15, 0.2) is 60.8 Å². The molecule has 0 bridgehead atoms. The standard InChI is InChI=1S/C21H22FN3/c22-18-11-9-16(10-12-18)13-23-20-7-4-8-21-19(20)14-24-25(21)15-17-5-2-1-3-6-17/h1-3,5-6,9-12,14,20,23H,4,7-8,13,15H2/t20-/m1/s1. The Morgan fingerprint density at radius 2 is 1.84 bits per heavy atom. The van der Waals surface area contributed by atoms with Gasteiger partial charge in [0.2, 0.25) is 0 Å². The number of fused-ring (bicyclic) bond motifs is 1. The van der Waals surface area contributed by atoms with E-state index in [1.165, 1.54) is 29.0 Å². The third-order valence-corrected chi connectivity index (χ3v) is 4.90. The van der Waals surface area contributed by atoms with Crippen molar-refractivity contribution in [2.24, 2.45) is 0 Å². The normalized spacial score (nSPS) is 16.6. The van der Waals surface area contributed by atoms with Crippen molar-refractivity contribution in [1.82, 2.24) is 15.1 Å². The molecule has 0 saturated carbocycles. The van der Waals surface area contributed by atoms with Crippen LogP contribution in [-0.2, 0) is 19.5 Å². The fourth-order valence-electron chi connectivity index (χ4n) is 3.57. The highest BCUT2D eigenvalue weighted by Gasteiger charge is 2.23. The van der Waals surface area contributed by atoms with Gasteiger partial charge in [0.15, 0.2) is 0 Å². The average Bonchev–Trinajstić information content (AvgIpc) is 3.06. The molecule has 1 heterocycles. The van der Waals surface area contributed by atoms with Crippen molar-refractivity contribution in [2.75, 3.05) is 0 Å². The van der Waals surface area contributed by atoms with E-state index < -0.39 is 0 Å². The van der Waals surface area contributed by atoms with Crippen molar-refractivity contribution < 1.29 is 4.39 Å². The lowest BCUT2D eigenvalue weighted by molar-refractivity contribution is 0.449. The maximum Gasteiger partial charge on any atom is 0.123 e. The Labute approximate surface area is 147 Å². The molecule has 2 aromatic carbocycles. The fraction of sp³-hybridized carbons (Fsp3) is 0.286. The van der Waals surface area contributed by atoms with Gasteiger partial charge >= 0.3 is 0 Å². The number of nitrogens with one attached hydrogen (secondary N) is 1. The topological polar surface area (TPSA) is 29.9 Å². The van der Waals surface area contributed by atoms with E-state index in [4.69, 9.17) is 0 Å². The van der Waals surface area contributed by atoms with E-state index in [0.29, 0.717) is 6.04 Å². The Morgan fingerprint density at radius 3 is 2.64 bits per heavy atom. The molecule has 0 radical (unpaired) electrons. The summed E-state index contributed by atoms with van der Waals surface area (Å²) in [6, 6.07) is 17.5. The summed E-state index contributed by atoms with van der Waals surface area (Å²) in [6.45, 7) is 1.56. The van der Waals surface area contributed by atoms with Crippen LogP contribution in [-0.4, -0.2) is 9.78 Å². The molecule has 1 aliphatic carbocycles. The maximum absolute atomic E-state index is 13.0. The van der Waals surface area contributed by atoms with Gasteiger partial charge in [-0.25, -0.2) is 4.39 Å². The van der Waals surface area contributed by atoms with E-state index in [0.717, 1.165) is 37.9 Å². The lowest BCUT2D eigenvalue weighted by Gasteiger charge is -2.24. The van der Waals surface area contributed by atoms with Crippen LogP contribution in [0.2, 0.25) is 0 Å². The lowest BCUT2D eigenvalue weighted by atomic mass is 9.92.